The first-order valence-corrected chi connectivity index (χ1v) is 5.99. The van der Waals surface area contributed by atoms with E-state index in [9.17, 15) is 9.59 Å². The maximum absolute atomic E-state index is 11.8. The van der Waals surface area contributed by atoms with Crippen LogP contribution in [0, 0.1) is 0 Å². The SMILES string of the molecule is CCOc1nc(NC2CC(=O)N(C)C2=O)ccc1N. The maximum atomic E-state index is 11.8. The second-order valence-corrected chi connectivity index (χ2v) is 4.22. The topological polar surface area (TPSA) is 97.5 Å². The van der Waals surface area contributed by atoms with Gasteiger partial charge in [0, 0.05) is 7.05 Å². The molecule has 1 atom stereocenters. The molecular formula is C12H16N4O3. The van der Waals surface area contributed by atoms with E-state index in [0.29, 0.717) is 24.0 Å². The molecule has 0 bridgehead atoms. The molecule has 0 radical (unpaired) electrons. The van der Waals surface area contributed by atoms with Gasteiger partial charge in [0.2, 0.25) is 11.8 Å². The molecule has 7 heteroatoms. The number of hydrogen-bond donors (Lipinski definition) is 2. The average molecular weight is 264 g/mol. The number of aromatic nitrogens is 1. The number of likely N-dealkylation sites (tertiary alicyclic amines) is 1. The molecule has 1 fully saturated rings. The standard InChI is InChI=1S/C12H16N4O3/c1-3-19-11-7(13)4-5-9(15-11)14-8-6-10(17)16(2)12(8)18/h4-5,8H,3,6,13H2,1-2H3,(H,14,15). The quantitative estimate of drug-likeness (QED) is 0.756. The summed E-state index contributed by atoms with van der Waals surface area (Å²) in [7, 11) is 1.47. The second kappa shape index (κ2) is 5.13. The van der Waals surface area contributed by atoms with Crippen molar-refractivity contribution in [1.82, 2.24) is 9.88 Å². The van der Waals surface area contributed by atoms with Crippen LogP contribution in [0.4, 0.5) is 11.5 Å². The highest BCUT2D eigenvalue weighted by Crippen LogP contribution is 2.22. The first-order chi connectivity index (χ1) is 9.02. The van der Waals surface area contributed by atoms with Gasteiger partial charge in [-0.15, -0.1) is 0 Å². The second-order valence-electron chi connectivity index (χ2n) is 4.22. The molecule has 1 unspecified atom stereocenters. The predicted molar refractivity (Wildman–Crippen MR) is 69.6 cm³/mol. The van der Waals surface area contributed by atoms with E-state index in [0.717, 1.165) is 4.90 Å². The Morgan fingerprint density at radius 1 is 1.53 bits per heavy atom. The van der Waals surface area contributed by atoms with Crippen molar-refractivity contribution >= 4 is 23.3 Å². The molecule has 2 heterocycles. The Bertz CT molecular complexity index is 518. The van der Waals surface area contributed by atoms with Crippen molar-refractivity contribution in [3.8, 4) is 5.88 Å². The number of nitrogen functional groups attached to an aromatic ring is 1. The summed E-state index contributed by atoms with van der Waals surface area (Å²) in [6.45, 7) is 2.28. The van der Waals surface area contributed by atoms with Crippen LogP contribution < -0.4 is 15.8 Å². The molecular weight excluding hydrogens is 248 g/mol. The Hall–Kier alpha value is -2.31. The molecule has 7 nitrogen and oxygen atoms in total. The van der Waals surface area contributed by atoms with Crippen molar-refractivity contribution in [2.75, 3.05) is 24.7 Å². The fourth-order valence-electron chi connectivity index (χ4n) is 1.83. The zero-order chi connectivity index (χ0) is 14.0. The average Bonchev–Trinajstić information content (AvgIpc) is 2.62. The van der Waals surface area contributed by atoms with Gasteiger partial charge >= 0.3 is 0 Å². The zero-order valence-corrected chi connectivity index (χ0v) is 10.8. The van der Waals surface area contributed by atoms with E-state index >= 15 is 0 Å². The number of nitrogens with one attached hydrogen (secondary N) is 1. The third kappa shape index (κ3) is 2.59. The van der Waals surface area contributed by atoms with Gasteiger partial charge in [-0.2, -0.15) is 4.98 Å². The summed E-state index contributed by atoms with van der Waals surface area (Å²) in [6.07, 6.45) is 0.130. The number of carbonyl (C=O) groups is 2. The third-order valence-electron chi connectivity index (χ3n) is 2.87. The molecule has 1 aliphatic rings. The summed E-state index contributed by atoms with van der Waals surface area (Å²) >= 11 is 0. The largest absolute Gasteiger partial charge is 0.476 e. The smallest absolute Gasteiger partial charge is 0.251 e. The summed E-state index contributed by atoms with van der Waals surface area (Å²) in [4.78, 5) is 28.4. The van der Waals surface area contributed by atoms with Crippen LogP contribution in [0.2, 0.25) is 0 Å². The molecule has 2 amide bonds. The molecule has 102 valence electrons. The number of ether oxygens (including phenoxy) is 1. The van der Waals surface area contributed by atoms with E-state index in [1.807, 2.05) is 6.92 Å². The van der Waals surface area contributed by atoms with E-state index in [2.05, 4.69) is 10.3 Å². The van der Waals surface area contributed by atoms with Gasteiger partial charge in [-0.25, -0.2) is 0 Å². The summed E-state index contributed by atoms with van der Waals surface area (Å²) in [6, 6.07) is 2.71. The van der Waals surface area contributed by atoms with Crippen LogP contribution in [0.15, 0.2) is 12.1 Å². The number of amides is 2. The molecule has 1 saturated heterocycles. The van der Waals surface area contributed by atoms with E-state index in [1.165, 1.54) is 7.05 Å². The fraction of sp³-hybridized carbons (Fsp3) is 0.417. The fourth-order valence-corrected chi connectivity index (χ4v) is 1.83. The summed E-state index contributed by atoms with van der Waals surface area (Å²) in [5, 5.41) is 2.92. The Morgan fingerprint density at radius 2 is 2.26 bits per heavy atom. The Kier molecular flexibility index (Phi) is 3.55. The predicted octanol–water partition coefficient (Wildman–Crippen LogP) is 0.232. The maximum Gasteiger partial charge on any atom is 0.251 e. The van der Waals surface area contributed by atoms with Crippen molar-refractivity contribution < 1.29 is 14.3 Å². The zero-order valence-electron chi connectivity index (χ0n) is 10.8. The monoisotopic (exact) mass is 264 g/mol. The van der Waals surface area contributed by atoms with Crippen LogP contribution in [0.3, 0.4) is 0 Å². The molecule has 0 aliphatic carbocycles. The van der Waals surface area contributed by atoms with E-state index in [-0.39, 0.29) is 18.2 Å². The summed E-state index contributed by atoms with van der Waals surface area (Å²) < 4.78 is 5.27. The van der Waals surface area contributed by atoms with Crippen molar-refractivity contribution in [3.05, 3.63) is 12.1 Å². The van der Waals surface area contributed by atoms with E-state index < -0.39 is 6.04 Å². The van der Waals surface area contributed by atoms with Gasteiger partial charge in [-0.1, -0.05) is 0 Å². The lowest BCUT2D eigenvalue weighted by Crippen LogP contribution is -2.32. The highest BCUT2D eigenvalue weighted by atomic mass is 16.5. The first-order valence-electron chi connectivity index (χ1n) is 5.99. The number of nitrogens with zero attached hydrogens (tertiary/aromatic N) is 2. The molecule has 2 rings (SSSR count). The van der Waals surface area contributed by atoms with Crippen LogP contribution in [0.1, 0.15) is 13.3 Å². The van der Waals surface area contributed by atoms with Crippen molar-refractivity contribution in [2.45, 2.75) is 19.4 Å². The van der Waals surface area contributed by atoms with Crippen LogP contribution in [0.25, 0.3) is 0 Å². The van der Waals surface area contributed by atoms with E-state index in [1.54, 1.807) is 12.1 Å². The van der Waals surface area contributed by atoms with Crippen molar-refractivity contribution in [3.63, 3.8) is 0 Å². The number of anilines is 2. The molecule has 0 saturated carbocycles. The molecule has 1 aromatic heterocycles. The number of likely N-dealkylation sites (N-methyl/N-ethyl adjacent to an activating group) is 1. The molecule has 0 spiro atoms. The molecule has 1 aromatic rings. The van der Waals surface area contributed by atoms with Gasteiger partial charge in [0.1, 0.15) is 11.9 Å². The summed E-state index contributed by atoms with van der Waals surface area (Å²) in [5.41, 5.74) is 6.14. The molecule has 3 N–H and O–H groups in total. The minimum atomic E-state index is -0.580. The Labute approximate surface area is 110 Å². The Balaban J connectivity index is 2.14. The van der Waals surface area contributed by atoms with Crippen LogP contribution >= 0.6 is 0 Å². The number of carbonyl (C=O) groups excluding carboxylic acids is 2. The van der Waals surface area contributed by atoms with Gasteiger partial charge in [-0.05, 0) is 19.1 Å². The van der Waals surface area contributed by atoms with E-state index in [4.69, 9.17) is 10.5 Å². The van der Waals surface area contributed by atoms with Crippen LogP contribution in [0.5, 0.6) is 5.88 Å². The van der Waals surface area contributed by atoms with Crippen LogP contribution in [-0.4, -0.2) is 41.4 Å². The van der Waals surface area contributed by atoms with Gasteiger partial charge in [-0.3, -0.25) is 14.5 Å². The highest BCUT2D eigenvalue weighted by Gasteiger charge is 2.36. The number of rotatable bonds is 4. The lowest BCUT2D eigenvalue weighted by molar-refractivity contribution is -0.136. The summed E-state index contributed by atoms with van der Waals surface area (Å²) in [5.74, 6) is 0.307. The lowest BCUT2D eigenvalue weighted by atomic mass is 10.2. The van der Waals surface area contributed by atoms with Gasteiger partial charge in [0.05, 0.1) is 18.7 Å². The molecule has 1 aliphatic heterocycles. The minimum Gasteiger partial charge on any atom is -0.476 e. The number of imide groups is 1. The highest BCUT2D eigenvalue weighted by molar-refractivity contribution is 6.06. The molecule has 19 heavy (non-hydrogen) atoms. The third-order valence-corrected chi connectivity index (χ3v) is 2.87. The van der Waals surface area contributed by atoms with Gasteiger partial charge < -0.3 is 15.8 Å². The number of nitrogens with two attached hydrogens (primary N) is 1. The van der Waals surface area contributed by atoms with Crippen LogP contribution in [-0.2, 0) is 9.59 Å². The number of pyridine rings is 1. The number of hydrogen-bond acceptors (Lipinski definition) is 6. The normalized spacial score (nSPS) is 18.8. The van der Waals surface area contributed by atoms with Gasteiger partial charge in [0.25, 0.3) is 5.91 Å². The Morgan fingerprint density at radius 3 is 2.84 bits per heavy atom. The molecule has 0 aromatic carbocycles. The minimum absolute atomic E-state index is 0.130. The lowest BCUT2D eigenvalue weighted by Gasteiger charge is -2.13. The van der Waals surface area contributed by atoms with Crippen molar-refractivity contribution in [1.29, 1.82) is 0 Å². The van der Waals surface area contributed by atoms with Crippen molar-refractivity contribution in [2.24, 2.45) is 0 Å². The first kappa shape index (κ1) is 13.1. The van der Waals surface area contributed by atoms with Gasteiger partial charge in [0.15, 0.2) is 0 Å².